The molecule has 7 heteroatoms. The lowest BCUT2D eigenvalue weighted by Gasteiger charge is -2.32. The van der Waals surface area contributed by atoms with Crippen molar-refractivity contribution < 1.29 is 4.79 Å². The maximum atomic E-state index is 13.1. The van der Waals surface area contributed by atoms with Gasteiger partial charge in [0.15, 0.2) is 5.82 Å². The van der Waals surface area contributed by atoms with Crippen molar-refractivity contribution in [1.29, 1.82) is 0 Å². The average molecular weight is 384 g/mol. The second kappa shape index (κ2) is 7.09. The SMILES string of the molecule is C[C@H]1CN(C(=O)c2cnc3ccccc3n2)Cc2nnc(Cc3ccccc3)n21. The Hall–Kier alpha value is -3.61. The Kier molecular flexibility index (Phi) is 4.27. The average Bonchev–Trinajstić information content (AvgIpc) is 3.16. The molecule has 29 heavy (non-hydrogen) atoms. The number of fused-ring (bicyclic) bond motifs is 2. The van der Waals surface area contributed by atoms with Crippen molar-refractivity contribution in [2.75, 3.05) is 6.54 Å². The number of carbonyl (C=O) groups excluding carboxylic acids is 1. The number of nitrogens with zero attached hydrogens (tertiary/aromatic N) is 6. The van der Waals surface area contributed by atoms with Crippen LogP contribution in [0.1, 0.15) is 40.7 Å². The van der Waals surface area contributed by atoms with Crippen molar-refractivity contribution in [2.45, 2.75) is 25.9 Å². The number of carbonyl (C=O) groups is 1. The van der Waals surface area contributed by atoms with Gasteiger partial charge in [0.1, 0.15) is 11.5 Å². The molecule has 144 valence electrons. The fourth-order valence-electron chi connectivity index (χ4n) is 3.89. The molecule has 0 radical (unpaired) electrons. The Morgan fingerprint density at radius 1 is 1.03 bits per heavy atom. The van der Waals surface area contributed by atoms with Crippen LogP contribution in [0.3, 0.4) is 0 Å². The molecule has 5 rings (SSSR count). The third-order valence-electron chi connectivity index (χ3n) is 5.25. The zero-order valence-electron chi connectivity index (χ0n) is 16.1. The van der Waals surface area contributed by atoms with Crippen molar-refractivity contribution in [1.82, 2.24) is 29.6 Å². The van der Waals surface area contributed by atoms with Crippen molar-refractivity contribution in [2.24, 2.45) is 0 Å². The molecule has 0 saturated heterocycles. The third kappa shape index (κ3) is 3.24. The lowest BCUT2D eigenvalue weighted by molar-refractivity contribution is 0.0673. The second-order valence-electron chi connectivity index (χ2n) is 7.34. The number of hydrogen-bond acceptors (Lipinski definition) is 5. The molecule has 2 aromatic heterocycles. The van der Waals surface area contributed by atoms with Gasteiger partial charge in [-0.25, -0.2) is 4.98 Å². The zero-order chi connectivity index (χ0) is 19.8. The van der Waals surface area contributed by atoms with E-state index >= 15 is 0 Å². The monoisotopic (exact) mass is 384 g/mol. The standard InChI is InChI=1S/C22H20N6O/c1-15-13-27(22(29)19-12-23-17-9-5-6-10-18(17)24-19)14-21-26-25-20(28(15)21)11-16-7-3-2-4-8-16/h2-10,12,15H,11,13-14H2,1H3/t15-/m0/s1. The molecule has 0 saturated carbocycles. The molecule has 1 aliphatic rings. The summed E-state index contributed by atoms with van der Waals surface area (Å²) in [5.74, 6) is 1.60. The number of rotatable bonds is 3. The number of hydrogen-bond donors (Lipinski definition) is 0. The second-order valence-corrected chi connectivity index (χ2v) is 7.34. The van der Waals surface area contributed by atoms with E-state index in [4.69, 9.17) is 0 Å². The summed E-state index contributed by atoms with van der Waals surface area (Å²) >= 11 is 0. The largest absolute Gasteiger partial charge is 0.328 e. The molecule has 0 bridgehead atoms. The van der Waals surface area contributed by atoms with E-state index in [0.717, 1.165) is 29.1 Å². The lowest BCUT2D eigenvalue weighted by Crippen LogP contribution is -2.41. The first-order valence-corrected chi connectivity index (χ1v) is 9.66. The normalized spacial score (nSPS) is 16.0. The van der Waals surface area contributed by atoms with Crippen LogP contribution in [-0.4, -0.2) is 42.1 Å². The number of para-hydroxylation sites is 2. The van der Waals surface area contributed by atoms with Gasteiger partial charge in [-0.1, -0.05) is 42.5 Å². The van der Waals surface area contributed by atoms with Crippen molar-refractivity contribution in [3.63, 3.8) is 0 Å². The predicted octanol–water partition coefficient (Wildman–Crippen LogP) is 3.03. The summed E-state index contributed by atoms with van der Waals surface area (Å²) in [4.78, 5) is 23.7. The topological polar surface area (TPSA) is 76.8 Å². The van der Waals surface area contributed by atoms with Gasteiger partial charge in [0.2, 0.25) is 0 Å². The number of aromatic nitrogens is 5. The summed E-state index contributed by atoms with van der Waals surface area (Å²) in [6.45, 7) is 3.09. The van der Waals surface area contributed by atoms with Crippen LogP contribution in [0.2, 0.25) is 0 Å². The Morgan fingerprint density at radius 2 is 1.79 bits per heavy atom. The molecule has 2 aromatic carbocycles. The van der Waals surface area contributed by atoms with Gasteiger partial charge in [-0.05, 0) is 24.6 Å². The van der Waals surface area contributed by atoms with Crippen LogP contribution in [0.5, 0.6) is 0 Å². The zero-order valence-corrected chi connectivity index (χ0v) is 16.1. The van der Waals surface area contributed by atoms with Gasteiger partial charge in [0.05, 0.1) is 29.8 Å². The molecule has 0 unspecified atom stereocenters. The van der Waals surface area contributed by atoms with Gasteiger partial charge < -0.3 is 9.47 Å². The van der Waals surface area contributed by atoms with Crippen LogP contribution in [0.15, 0.2) is 60.8 Å². The Morgan fingerprint density at radius 3 is 2.62 bits per heavy atom. The van der Waals surface area contributed by atoms with E-state index in [2.05, 4.69) is 43.8 Å². The molecular weight excluding hydrogens is 364 g/mol. The smallest absolute Gasteiger partial charge is 0.274 e. The maximum absolute atomic E-state index is 13.1. The molecule has 4 aromatic rings. The summed E-state index contributed by atoms with van der Waals surface area (Å²) in [6, 6.07) is 17.9. The number of amides is 1. The highest BCUT2D eigenvalue weighted by atomic mass is 16.2. The molecule has 0 fully saturated rings. The minimum atomic E-state index is -0.131. The third-order valence-corrected chi connectivity index (χ3v) is 5.25. The van der Waals surface area contributed by atoms with Crippen LogP contribution < -0.4 is 0 Å². The van der Waals surface area contributed by atoms with E-state index in [0.29, 0.717) is 18.8 Å². The highest BCUT2D eigenvalue weighted by Crippen LogP contribution is 2.24. The van der Waals surface area contributed by atoms with Crippen LogP contribution in [0.25, 0.3) is 11.0 Å². The quantitative estimate of drug-likeness (QED) is 0.543. The fraction of sp³-hybridized carbons (Fsp3) is 0.227. The fourth-order valence-corrected chi connectivity index (χ4v) is 3.89. The van der Waals surface area contributed by atoms with E-state index in [-0.39, 0.29) is 11.9 Å². The van der Waals surface area contributed by atoms with Crippen LogP contribution in [0, 0.1) is 0 Å². The van der Waals surface area contributed by atoms with Gasteiger partial charge in [0.25, 0.3) is 5.91 Å². The van der Waals surface area contributed by atoms with E-state index in [1.165, 1.54) is 5.56 Å². The van der Waals surface area contributed by atoms with E-state index in [9.17, 15) is 4.79 Å². The molecule has 1 amide bonds. The van der Waals surface area contributed by atoms with Gasteiger partial charge in [0, 0.05) is 13.0 Å². The van der Waals surface area contributed by atoms with Gasteiger partial charge in [-0.3, -0.25) is 9.78 Å². The molecule has 7 nitrogen and oxygen atoms in total. The predicted molar refractivity (Wildman–Crippen MR) is 108 cm³/mol. The molecule has 3 heterocycles. The first-order valence-electron chi connectivity index (χ1n) is 9.66. The molecular formula is C22H20N6O. The summed E-state index contributed by atoms with van der Waals surface area (Å²) in [6.07, 6.45) is 2.28. The molecule has 0 aliphatic carbocycles. The summed E-state index contributed by atoms with van der Waals surface area (Å²) in [5.41, 5.74) is 3.05. The van der Waals surface area contributed by atoms with E-state index < -0.39 is 0 Å². The van der Waals surface area contributed by atoms with E-state index in [1.54, 1.807) is 11.1 Å². The summed E-state index contributed by atoms with van der Waals surface area (Å²) < 4.78 is 2.16. The molecule has 0 N–H and O–H groups in total. The summed E-state index contributed by atoms with van der Waals surface area (Å²) in [7, 11) is 0. The van der Waals surface area contributed by atoms with Crippen LogP contribution in [-0.2, 0) is 13.0 Å². The van der Waals surface area contributed by atoms with Crippen molar-refractivity contribution >= 4 is 16.9 Å². The van der Waals surface area contributed by atoms with Gasteiger partial charge in [-0.2, -0.15) is 0 Å². The van der Waals surface area contributed by atoms with Crippen LogP contribution in [0.4, 0.5) is 0 Å². The first-order chi connectivity index (χ1) is 14.2. The molecule has 1 aliphatic heterocycles. The minimum absolute atomic E-state index is 0.0878. The van der Waals surface area contributed by atoms with Crippen molar-refractivity contribution in [3.05, 3.63) is 83.7 Å². The maximum Gasteiger partial charge on any atom is 0.274 e. The Labute approximate surface area is 168 Å². The highest BCUT2D eigenvalue weighted by Gasteiger charge is 2.30. The van der Waals surface area contributed by atoms with Crippen LogP contribution >= 0.6 is 0 Å². The Balaban J connectivity index is 1.40. The van der Waals surface area contributed by atoms with Gasteiger partial charge >= 0.3 is 0 Å². The minimum Gasteiger partial charge on any atom is -0.328 e. The van der Waals surface area contributed by atoms with Crippen molar-refractivity contribution in [3.8, 4) is 0 Å². The van der Waals surface area contributed by atoms with E-state index in [1.807, 2.05) is 42.5 Å². The van der Waals surface area contributed by atoms with Gasteiger partial charge in [-0.15, -0.1) is 10.2 Å². The first kappa shape index (κ1) is 17.5. The summed E-state index contributed by atoms with van der Waals surface area (Å²) in [5, 5.41) is 8.76. The number of benzene rings is 2. The molecule has 0 spiro atoms. The highest BCUT2D eigenvalue weighted by molar-refractivity contribution is 5.93. The molecule has 1 atom stereocenters. The lowest BCUT2D eigenvalue weighted by atomic mass is 10.1. The Bertz CT molecular complexity index is 1190.